The maximum absolute atomic E-state index is 12.0. The summed E-state index contributed by atoms with van der Waals surface area (Å²) in [4.78, 5) is 10.9. The smallest absolute Gasteiger partial charge is 0.323 e. The molecule has 5 nitrogen and oxygen atoms in total. The molecule has 3 N–H and O–H groups in total. The summed E-state index contributed by atoms with van der Waals surface area (Å²) in [5.74, 6) is -1.43. The van der Waals surface area contributed by atoms with Crippen LogP contribution in [0.1, 0.15) is 6.92 Å². The molecule has 0 amide bonds. The van der Waals surface area contributed by atoms with Crippen LogP contribution in [0.25, 0.3) is 0 Å². The molecule has 6 heteroatoms. The van der Waals surface area contributed by atoms with Gasteiger partial charge in [0.25, 0.3) is 0 Å². The first-order valence-corrected chi connectivity index (χ1v) is 6.19. The first-order valence-electron chi connectivity index (χ1n) is 4.64. The van der Waals surface area contributed by atoms with Crippen molar-refractivity contribution in [2.24, 2.45) is 5.73 Å². The molecule has 0 aliphatic rings. The normalized spacial score (nSPS) is 15.4. The average molecular weight is 243 g/mol. The Morgan fingerprint density at radius 1 is 1.31 bits per heavy atom. The van der Waals surface area contributed by atoms with E-state index in [0.29, 0.717) is 0 Å². The highest BCUT2D eigenvalue weighted by atomic mass is 32.2. The van der Waals surface area contributed by atoms with Gasteiger partial charge in [0.2, 0.25) is 0 Å². The van der Waals surface area contributed by atoms with E-state index in [0.717, 1.165) is 0 Å². The highest BCUT2D eigenvalue weighted by molar-refractivity contribution is 7.92. The lowest BCUT2D eigenvalue weighted by Crippen LogP contribution is -2.44. The number of benzene rings is 1. The van der Waals surface area contributed by atoms with E-state index in [9.17, 15) is 13.2 Å². The second kappa shape index (κ2) is 4.63. The Bertz CT molecular complexity index is 467. The van der Waals surface area contributed by atoms with Crippen LogP contribution < -0.4 is 5.73 Å². The Morgan fingerprint density at radius 2 is 1.81 bits per heavy atom. The minimum absolute atomic E-state index is 0.0281. The van der Waals surface area contributed by atoms with Crippen molar-refractivity contribution in [1.82, 2.24) is 0 Å². The number of carbonyl (C=O) groups is 1. The van der Waals surface area contributed by atoms with Crippen molar-refractivity contribution in [3.05, 3.63) is 30.3 Å². The van der Waals surface area contributed by atoms with Crippen molar-refractivity contribution in [3.8, 4) is 0 Å². The zero-order chi connectivity index (χ0) is 12.3. The van der Waals surface area contributed by atoms with Crippen LogP contribution in [0.2, 0.25) is 0 Å². The number of hydrogen-bond acceptors (Lipinski definition) is 4. The summed E-state index contributed by atoms with van der Waals surface area (Å²) in [6, 6.07) is 6.46. The Hall–Kier alpha value is -1.40. The molecule has 2 atom stereocenters. The third kappa shape index (κ3) is 2.40. The summed E-state index contributed by atoms with van der Waals surface area (Å²) < 4.78 is 23.9. The highest BCUT2D eigenvalue weighted by Gasteiger charge is 2.36. The van der Waals surface area contributed by atoms with Crippen molar-refractivity contribution >= 4 is 15.8 Å². The van der Waals surface area contributed by atoms with Gasteiger partial charge in [-0.15, -0.1) is 0 Å². The van der Waals surface area contributed by atoms with Crippen LogP contribution in [-0.2, 0) is 14.6 Å². The first-order chi connectivity index (χ1) is 7.37. The van der Waals surface area contributed by atoms with Gasteiger partial charge >= 0.3 is 5.97 Å². The second-order valence-corrected chi connectivity index (χ2v) is 5.55. The summed E-state index contributed by atoms with van der Waals surface area (Å²) >= 11 is 0. The quantitative estimate of drug-likeness (QED) is 0.790. The molecule has 0 heterocycles. The van der Waals surface area contributed by atoms with Gasteiger partial charge in [-0.05, 0) is 19.1 Å². The summed E-state index contributed by atoms with van der Waals surface area (Å²) in [6.45, 7) is 1.36. The monoisotopic (exact) mass is 243 g/mol. The van der Waals surface area contributed by atoms with Gasteiger partial charge in [0, 0.05) is 6.04 Å². The van der Waals surface area contributed by atoms with Crippen LogP contribution >= 0.6 is 0 Å². The fourth-order valence-corrected chi connectivity index (χ4v) is 3.06. The van der Waals surface area contributed by atoms with Gasteiger partial charge in [0.05, 0.1) is 4.90 Å². The molecular weight excluding hydrogens is 230 g/mol. The molecule has 0 saturated heterocycles. The largest absolute Gasteiger partial charge is 0.480 e. The third-order valence-corrected chi connectivity index (χ3v) is 4.36. The van der Waals surface area contributed by atoms with Gasteiger partial charge in [-0.1, -0.05) is 18.2 Å². The molecule has 2 unspecified atom stereocenters. The van der Waals surface area contributed by atoms with E-state index in [1.165, 1.54) is 31.2 Å². The third-order valence-electron chi connectivity index (χ3n) is 2.13. The van der Waals surface area contributed by atoms with Crippen LogP contribution in [-0.4, -0.2) is 30.8 Å². The van der Waals surface area contributed by atoms with E-state index in [4.69, 9.17) is 10.8 Å². The summed E-state index contributed by atoms with van der Waals surface area (Å²) in [5.41, 5.74) is 5.40. The van der Waals surface area contributed by atoms with Gasteiger partial charge in [0.1, 0.15) is 0 Å². The van der Waals surface area contributed by atoms with E-state index in [1.807, 2.05) is 0 Å². The highest BCUT2D eigenvalue weighted by Crippen LogP contribution is 2.17. The molecule has 0 aromatic heterocycles. The van der Waals surface area contributed by atoms with Crippen LogP contribution in [0.5, 0.6) is 0 Å². The molecule has 1 aromatic carbocycles. The summed E-state index contributed by atoms with van der Waals surface area (Å²) in [7, 11) is -3.92. The van der Waals surface area contributed by atoms with Gasteiger partial charge in [-0.2, -0.15) is 0 Å². The van der Waals surface area contributed by atoms with Gasteiger partial charge in [-0.3, -0.25) is 4.79 Å². The Morgan fingerprint density at radius 3 is 2.19 bits per heavy atom. The van der Waals surface area contributed by atoms with Crippen LogP contribution in [0.15, 0.2) is 35.2 Å². The minimum atomic E-state index is -3.92. The topological polar surface area (TPSA) is 97.5 Å². The molecule has 88 valence electrons. The first kappa shape index (κ1) is 12.7. The number of aliphatic carboxylic acids is 1. The molecule has 0 fully saturated rings. The van der Waals surface area contributed by atoms with Gasteiger partial charge in [0.15, 0.2) is 15.1 Å². The zero-order valence-electron chi connectivity index (χ0n) is 8.70. The number of rotatable bonds is 4. The maximum Gasteiger partial charge on any atom is 0.323 e. The van der Waals surface area contributed by atoms with Crippen LogP contribution in [0.3, 0.4) is 0 Å². The van der Waals surface area contributed by atoms with Crippen molar-refractivity contribution < 1.29 is 18.3 Å². The van der Waals surface area contributed by atoms with Crippen molar-refractivity contribution in [3.63, 3.8) is 0 Å². The number of sulfone groups is 1. The molecule has 0 radical (unpaired) electrons. The molecule has 16 heavy (non-hydrogen) atoms. The summed E-state index contributed by atoms with van der Waals surface area (Å²) in [5, 5.41) is 7.27. The maximum atomic E-state index is 12.0. The van der Waals surface area contributed by atoms with Gasteiger partial charge < -0.3 is 10.8 Å². The zero-order valence-corrected chi connectivity index (χ0v) is 9.52. The molecule has 0 aliphatic heterocycles. The number of nitrogens with two attached hydrogens (primary N) is 1. The Balaban J connectivity index is 3.25. The van der Waals surface area contributed by atoms with Crippen LogP contribution in [0, 0.1) is 0 Å². The fourth-order valence-electron chi connectivity index (χ4n) is 1.40. The standard InChI is InChI=1S/C10H13NO4S/c1-7(11)9(10(12)13)16(14,15)8-5-3-2-4-6-8/h2-7,9H,11H2,1H3,(H,12,13). The number of hydrogen-bond donors (Lipinski definition) is 2. The van der Waals surface area contributed by atoms with E-state index in [1.54, 1.807) is 6.07 Å². The predicted molar refractivity (Wildman–Crippen MR) is 58.7 cm³/mol. The van der Waals surface area contributed by atoms with E-state index >= 15 is 0 Å². The minimum Gasteiger partial charge on any atom is -0.480 e. The van der Waals surface area contributed by atoms with Crippen LogP contribution in [0.4, 0.5) is 0 Å². The Kier molecular flexibility index (Phi) is 3.66. The lowest BCUT2D eigenvalue weighted by atomic mass is 10.2. The molecule has 1 aromatic rings. The Labute approximate surface area is 93.8 Å². The molecule has 0 bridgehead atoms. The van der Waals surface area contributed by atoms with Gasteiger partial charge in [-0.25, -0.2) is 8.42 Å². The van der Waals surface area contributed by atoms with Crippen molar-refractivity contribution in [2.45, 2.75) is 23.1 Å². The predicted octanol–water partition coefficient (Wildman–Crippen LogP) is 0.261. The molecule has 0 aliphatic carbocycles. The number of carboxylic acids is 1. The lowest BCUT2D eigenvalue weighted by molar-refractivity contribution is -0.136. The summed E-state index contributed by atoms with van der Waals surface area (Å²) in [6.07, 6.45) is 0. The molecule has 0 spiro atoms. The second-order valence-electron chi connectivity index (χ2n) is 3.48. The number of carboxylic acid groups (broad SMARTS) is 1. The average Bonchev–Trinajstić information content (AvgIpc) is 2.17. The van der Waals surface area contributed by atoms with Crippen molar-refractivity contribution in [1.29, 1.82) is 0 Å². The molecule has 0 saturated carbocycles. The SMILES string of the molecule is CC(N)C(C(=O)O)S(=O)(=O)c1ccccc1. The van der Waals surface area contributed by atoms with Crippen molar-refractivity contribution in [2.75, 3.05) is 0 Å². The van der Waals surface area contributed by atoms with E-state index in [-0.39, 0.29) is 4.90 Å². The molecule has 1 rings (SSSR count). The lowest BCUT2D eigenvalue weighted by Gasteiger charge is -2.16. The van der Waals surface area contributed by atoms with E-state index < -0.39 is 27.1 Å². The fraction of sp³-hybridized carbons (Fsp3) is 0.300. The van der Waals surface area contributed by atoms with E-state index in [2.05, 4.69) is 0 Å². The molecular formula is C10H13NO4S.